The molecular formula is C15H29NO. The molecule has 1 aliphatic carbocycles. The molecule has 2 rings (SSSR count). The second-order valence-electron chi connectivity index (χ2n) is 6.76. The van der Waals surface area contributed by atoms with Crippen molar-refractivity contribution in [2.75, 3.05) is 6.54 Å². The minimum absolute atomic E-state index is 0.0197. The van der Waals surface area contributed by atoms with Gasteiger partial charge in [0, 0.05) is 6.54 Å². The maximum absolute atomic E-state index is 6.42. The van der Waals surface area contributed by atoms with E-state index in [1.54, 1.807) is 0 Å². The van der Waals surface area contributed by atoms with Crippen molar-refractivity contribution in [3.8, 4) is 0 Å². The summed E-state index contributed by atoms with van der Waals surface area (Å²) in [6.45, 7) is 8.20. The Morgan fingerprint density at radius 2 is 2.00 bits per heavy atom. The highest BCUT2D eigenvalue weighted by Gasteiger charge is 2.39. The summed E-state index contributed by atoms with van der Waals surface area (Å²) in [5, 5.41) is 3.68. The lowest BCUT2D eigenvalue weighted by Crippen LogP contribution is -2.54. The first kappa shape index (κ1) is 13.4. The van der Waals surface area contributed by atoms with Gasteiger partial charge in [-0.15, -0.1) is 0 Å². The van der Waals surface area contributed by atoms with Gasteiger partial charge in [0.15, 0.2) is 0 Å². The molecule has 100 valence electrons. The van der Waals surface area contributed by atoms with Crippen LogP contribution in [-0.2, 0) is 4.74 Å². The molecule has 0 amide bonds. The van der Waals surface area contributed by atoms with Gasteiger partial charge in [-0.25, -0.2) is 0 Å². The molecule has 0 radical (unpaired) electrons. The topological polar surface area (TPSA) is 21.3 Å². The molecular weight excluding hydrogens is 210 g/mol. The van der Waals surface area contributed by atoms with E-state index in [2.05, 4.69) is 26.1 Å². The van der Waals surface area contributed by atoms with Gasteiger partial charge < -0.3 is 4.74 Å². The van der Waals surface area contributed by atoms with Crippen LogP contribution >= 0.6 is 0 Å². The van der Waals surface area contributed by atoms with E-state index in [1.165, 1.54) is 51.4 Å². The average Bonchev–Trinajstić information content (AvgIpc) is 2.40. The van der Waals surface area contributed by atoms with E-state index < -0.39 is 0 Å². The van der Waals surface area contributed by atoms with Crippen molar-refractivity contribution in [2.24, 2.45) is 5.41 Å². The third-order valence-electron chi connectivity index (χ3n) is 4.56. The van der Waals surface area contributed by atoms with E-state index in [0.717, 1.165) is 6.54 Å². The van der Waals surface area contributed by atoms with Crippen LogP contribution in [0, 0.1) is 5.41 Å². The smallest absolute Gasteiger partial charge is 0.119 e. The van der Waals surface area contributed by atoms with Crippen molar-refractivity contribution >= 4 is 0 Å². The Morgan fingerprint density at radius 3 is 2.76 bits per heavy atom. The van der Waals surface area contributed by atoms with Gasteiger partial charge in [-0.2, -0.15) is 0 Å². The maximum atomic E-state index is 6.42. The predicted octanol–water partition coefficient (Wildman–Crippen LogP) is 3.85. The molecule has 2 aliphatic rings. The molecule has 1 spiro atoms. The Bertz CT molecular complexity index is 249. The Kier molecular flexibility index (Phi) is 4.14. The Labute approximate surface area is 107 Å². The van der Waals surface area contributed by atoms with Crippen LogP contribution in [0.1, 0.15) is 72.1 Å². The van der Waals surface area contributed by atoms with E-state index in [4.69, 9.17) is 4.74 Å². The largest absolute Gasteiger partial charge is 0.357 e. The normalized spacial score (nSPS) is 37.9. The first-order valence-corrected chi connectivity index (χ1v) is 7.48. The summed E-state index contributed by atoms with van der Waals surface area (Å²) in [4.78, 5) is 0. The zero-order valence-electron chi connectivity index (χ0n) is 11.8. The highest BCUT2D eigenvalue weighted by molar-refractivity contribution is 4.89. The lowest BCUT2D eigenvalue weighted by Gasteiger charge is -2.42. The molecule has 1 aliphatic heterocycles. The van der Waals surface area contributed by atoms with Crippen LogP contribution in [0.5, 0.6) is 0 Å². The van der Waals surface area contributed by atoms with Crippen LogP contribution in [0.3, 0.4) is 0 Å². The molecule has 0 aromatic rings. The highest BCUT2D eigenvalue weighted by Crippen LogP contribution is 2.40. The first-order chi connectivity index (χ1) is 8.05. The van der Waals surface area contributed by atoms with E-state index in [1.807, 2.05) is 0 Å². The lowest BCUT2D eigenvalue weighted by atomic mass is 9.85. The number of nitrogens with one attached hydrogen (secondary N) is 1. The molecule has 2 nitrogen and oxygen atoms in total. The average molecular weight is 239 g/mol. The summed E-state index contributed by atoms with van der Waals surface area (Å²) in [5.41, 5.74) is 0.526. The first-order valence-electron chi connectivity index (χ1n) is 7.48. The standard InChI is InChI=1S/C15H29NO/c1-4-6-13-7-12-16-15(17-13)9-5-8-14(2,3)10-11-15/h13,16H,4-12H2,1-3H3. The molecule has 2 fully saturated rings. The number of hydrogen-bond donors (Lipinski definition) is 1. The molecule has 1 saturated heterocycles. The predicted molar refractivity (Wildman–Crippen MR) is 72.0 cm³/mol. The second-order valence-corrected chi connectivity index (χ2v) is 6.76. The van der Waals surface area contributed by atoms with E-state index in [0.29, 0.717) is 11.5 Å². The fourth-order valence-corrected chi connectivity index (χ4v) is 3.34. The zero-order chi connectivity index (χ0) is 12.4. The molecule has 2 unspecified atom stereocenters. The summed E-state index contributed by atoms with van der Waals surface area (Å²) in [6.07, 6.45) is 10.5. The summed E-state index contributed by atoms with van der Waals surface area (Å²) in [5.74, 6) is 0. The van der Waals surface area contributed by atoms with Crippen molar-refractivity contribution in [1.29, 1.82) is 0 Å². The monoisotopic (exact) mass is 239 g/mol. The Morgan fingerprint density at radius 1 is 1.18 bits per heavy atom. The number of ether oxygens (including phenoxy) is 1. The SMILES string of the molecule is CCCC1CCNC2(CCCC(C)(C)CC2)O1. The van der Waals surface area contributed by atoms with Crippen LogP contribution < -0.4 is 5.32 Å². The van der Waals surface area contributed by atoms with Crippen LogP contribution in [-0.4, -0.2) is 18.4 Å². The number of hydrogen-bond acceptors (Lipinski definition) is 2. The molecule has 1 saturated carbocycles. The maximum Gasteiger partial charge on any atom is 0.119 e. The van der Waals surface area contributed by atoms with Crippen molar-refractivity contribution < 1.29 is 4.74 Å². The van der Waals surface area contributed by atoms with Crippen LogP contribution in [0.15, 0.2) is 0 Å². The van der Waals surface area contributed by atoms with Gasteiger partial charge in [0.25, 0.3) is 0 Å². The van der Waals surface area contributed by atoms with Gasteiger partial charge in [0.05, 0.1) is 6.10 Å². The molecule has 0 aromatic heterocycles. The summed E-state index contributed by atoms with van der Waals surface area (Å²) in [6, 6.07) is 0. The van der Waals surface area contributed by atoms with Crippen LogP contribution in [0.4, 0.5) is 0 Å². The molecule has 0 bridgehead atoms. The third kappa shape index (κ3) is 3.45. The molecule has 1 heterocycles. The molecule has 0 aromatic carbocycles. The summed E-state index contributed by atoms with van der Waals surface area (Å²) in [7, 11) is 0. The lowest BCUT2D eigenvalue weighted by molar-refractivity contribution is -0.152. The van der Waals surface area contributed by atoms with Gasteiger partial charge >= 0.3 is 0 Å². The zero-order valence-corrected chi connectivity index (χ0v) is 11.8. The Hall–Kier alpha value is -0.0800. The fraction of sp³-hybridized carbons (Fsp3) is 1.00. The Balaban J connectivity index is 1.98. The minimum atomic E-state index is 0.0197. The van der Waals surface area contributed by atoms with E-state index in [-0.39, 0.29) is 5.72 Å². The molecule has 1 N–H and O–H groups in total. The van der Waals surface area contributed by atoms with Crippen molar-refractivity contribution in [2.45, 2.75) is 84.0 Å². The van der Waals surface area contributed by atoms with Crippen molar-refractivity contribution in [3.05, 3.63) is 0 Å². The van der Waals surface area contributed by atoms with Gasteiger partial charge in [-0.3, -0.25) is 5.32 Å². The van der Waals surface area contributed by atoms with E-state index >= 15 is 0 Å². The second kappa shape index (κ2) is 5.27. The number of rotatable bonds is 2. The van der Waals surface area contributed by atoms with Crippen LogP contribution in [0.25, 0.3) is 0 Å². The third-order valence-corrected chi connectivity index (χ3v) is 4.56. The molecule has 2 heteroatoms. The highest BCUT2D eigenvalue weighted by atomic mass is 16.5. The van der Waals surface area contributed by atoms with Gasteiger partial charge in [0.2, 0.25) is 0 Å². The van der Waals surface area contributed by atoms with Gasteiger partial charge in [-0.1, -0.05) is 27.2 Å². The van der Waals surface area contributed by atoms with Crippen molar-refractivity contribution in [1.82, 2.24) is 5.32 Å². The van der Waals surface area contributed by atoms with Crippen molar-refractivity contribution in [3.63, 3.8) is 0 Å². The summed E-state index contributed by atoms with van der Waals surface area (Å²) >= 11 is 0. The molecule has 17 heavy (non-hydrogen) atoms. The van der Waals surface area contributed by atoms with Crippen LogP contribution in [0.2, 0.25) is 0 Å². The summed E-state index contributed by atoms with van der Waals surface area (Å²) < 4.78 is 6.42. The van der Waals surface area contributed by atoms with E-state index in [9.17, 15) is 0 Å². The molecule has 2 atom stereocenters. The quantitative estimate of drug-likeness (QED) is 0.790. The minimum Gasteiger partial charge on any atom is -0.357 e. The van der Waals surface area contributed by atoms with Gasteiger partial charge in [-0.05, 0) is 50.4 Å². The van der Waals surface area contributed by atoms with Gasteiger partial charge in [0.1, 0.15) is 5.72 Å². The fourth-order valence-electron chi connectivity index (χ4n) is 3.34.